The Bertz CT molecular complexity index is 906. The van der Waals surface area contributed by atoms with Gasteiger partial charge in [0.1, 0.15) is 5.75 Å². The van der Waals surface area contributed by atoms with Crippen LogP contribution in [0.4, 0.5) is 0 Å². The molecule has 7 nitrogen and oxygen atoms in total. The van der Waals surface area contributed by atoms with Crippen molar-refractivity contribution in [3.63, 3.8) is 0 Å². The number of primary amides is 1. The molecule has 0 atom stereocenters. The summed E-state index contributed by atoms with van der Waals surface area (Å²) in [6, 6.07) is 9.74. The third kappa shape index (κ3) is 4.91. The second-order valence-electron chi connectivity index (χ2n) is 6.12. The number of benzene rings is 1. The molecule has 27 heavy (non-hydrogen) atoms. The lowest BCUT2D eigenvalue weighted by atomic mass is 10.1. The number of thioether (sulfide) groups is 1. The Hall–Kier alpha value is -2.74. The van der Waals surface area contributed by atoms with Crippen molar-refractivity contribution < 1.29 is 13.9 Å². The van der Waals surface area contributed by atoms with E-state index in [4.69, 9.17) is 14.9 Å². The average Bonchev–Trinajstić information content (AvgIpc) is 3.29. The van der Waals surface area contributed by atoms with Gasteiger partial charge in [-0.2, -0.15) is 0 Å². The number of nitrogens with zero attached hydrogens (tertiary/aromatic N) is 3. The second kappa shape index (κ2) is 8.77. The van der Waals surface area contributed by atoms with E-state index in [1.54, 1.807) is 12.3 Å². The molecule has 3 rings (SSSR count). The first-order valence-electron chi connectivity index (χ1n) is 8.63. The van der Waals surface area contributed by atoms with E-state index in [1.807, 2.05) is 36.6 Å². The summed E-state index contributed by atoms with van der Waals surface area (Å²) in [5.41, 5.74) is 7.57. The van der Waals surface area contributed by atoms with Crippen LogP contribution >= 0.6 is 11.8 Å². The van der Waals surface area contributed by atoms with Gasteiger partial charge >= 0.3 is 0 Å². The summed E-state index contributed by atoms with van der Waals surface area (Å²) in [5.74, 6) is 2.40. The van der Waals surface area contributed by atoms with Crippen LogP contribution in [0.2, 0.25) is 0 Å². The normalized spacial score (nSPS) is 10.9. The van der Waals surface area contributed by atoms with Crippen molar-refractivity contribution in [2.24, 2.45) is 5.73 Å². The molecule has 0 radical (unpaired) electrons. The Morgan fingerprint density at radius 1 is 1.30 bits per heavy atom. The van der Waals surface area contributed by atoms with Crippen LogP contribution in [0.1, 0.15) is 17.5 Å². The molecule has 0 bridgehead atoms. The van der Waals surface area contributed by atoms with Crippen molar-refractivity contribution in [2.45, 2.75) is 32.0 Å². The molecule has 1 amide bonds. The van der Waals surface area contributed by atoms with Gasteiger partial charge in [-0.3, -0.25) is 9.36 Å². The predicted octanol–water partition coefficient (Wildman–Crippen LogP) is 3.20. The third-order valence-electron chi connectivity index (χ3n) is 3.96. The van der Waals surface area contributed by atoms with Gasteiger partial charge in [-0.15, -0.1) is 10.2 Å². The summed E-state index contributed by atoms with van der Waals surface area (Å²) in [6.45, 7) is 5.00. The van der Waals surface area contributed by atoms with Gasteiger partial charge in [0.15, 0.2) is 16.7 Å². The monoisotopic (exact) mass is 386 g/mol. The zero-order valence-electron chi connectivity index (χ0n) is 15.3. The van der Waals surface area contributed by atoms with E-state index in [1.165, 1.54) is 11.8 Å². The van der Waals surface area contributed by atoms with Crippen molar-refractivity contribution in [1.29, 1.82) is 0 Å². The molecule has 0 aliphatic carbocycles. The van der Waals surface area contributed by atoms with Crippen LogP contribution in [0.15, 0.2) is 46.2 Å². The molecule has 0 saturated carbocycles. The van der Waals surface area contributed by atoms with E-state index in [0.29, 0.717) is 35.6 Å². The highest BCUT2D eigenvalue weighted by Crippen LogP contribution is 2.25. The summed E-state index contributed by atoms with van der Waals surface area (Å²) in [6.07, 6.45) is 1.78. The average molecular weight is 386 g/mol. The first-order chi connectivity index (χ1) is 13.0. The maximum atomic E-state index is 11.2. The third-order valence-corrected chi connectivity index (χ3v) is 4.89. The molecule has 0 aliphatic heterocycles. The molecule has 0 saturated heterocycles. The molecule has 0 aliphatic rings. The summed E-state index contributed by atoms with van der Waals surface area (Å²) in [5, 5.41) is 9.14. The number of ether oxygens (including phenoxy) is 1. The van der Waals surface area contributed by atoms with E-state index in [9.17, 15) is 4.79 Å². The first kappa shape index (κ1) is 19.0. The standard InChI is InChI=1S/C19H22N4O3S/c1-13-5-6-14(2)16(12-13)26-10-11-27-19-22-21-18(15-4-3-9-25-15)23(19)8-7-17(20)24/h3-6,9,12H,7-8,10-11H2,1-2H3,(H2,20,24). The molecule has 0 spiro atoms. The molecule has 3 aromatic rings. The topological polar surface area (TPSA) is 96.2 Å². The molecule has 8 heteroatoms. The number of hydrogen-bond acceptors (Lipinski definition) is 6. The van der Waals surface area contributed by atoms with Gasteiger partial charge in [0.2, 0.25) is 5.91 Å². The van der Waals surface area contributed by atoms with E-state index in [0.717, 1.165) is 16.9 Å². The van der Waals surface area contributed by atoms with Gasteiger partial charge in [0, 0.05) is 18.7 Å². The fraction of sp³-hybridized carbons (Fsp3) is 0.316. The Kier molecular flexibility index (Phi) is 6.18. The molecule has 2 heterocycles. The fourth-order valence-electron chi connectivity index (χ4n) is 2.55. The number of nitrogens with two attached hydrogens (primary N) is 1. The van der Waals surface area contributed by atoms with Crippen molar-refractivity contribution >= 4 is 17.7 Å². The number of aryl methyl sites for hydroxylation is 2. The van der Waals surface area contributed by atoms with E-state index in [-0.39, 0.29) is 12.3 Å². The zero-order chi connectivity index (χ0) is 19.2. The Labute approximate surface area is 161 Å². The SMILES string of the molecule is Cc1ccc(C)c(OCCSc2nnc(-c3ccco3)n2CCC(N)=O)c1. The number of rotatable bonds is 9. The van der Waals surface area contributed by atoms with Crippen molar-refractivity contribution in [3.8, 4) is 17.3 Å². The zero-order valence-corrected chi connectivity index (χ0v) is 16.2. The van der Waals surface area contributed by atoms with E-state index >= 15 is 0 Å². The number of amides is 1. The molecule has 0 fully saturated rings. The minimum atomic E-state index is -0.372. The Morgan fingerprint density at radius 3 is 2.89 bits per heavy atom. The van der Waals surface area contributed by atoms with Crippen molar-refractivity contribution in [1.82, 2.24) is 14.8 Å². The maximum Gasteiger partial charge on any atom is 0.219 e. The number of furan rings is 1. The van der Waals surface area contributed by atoms with Crippen LogP contribution in [0.5, 0.6) is 5.75 Å². The van der Waals surface area contributed by atoms with Gasteiger partial charge < -0.3 is 14.9 Å². The van der Waals surface area contributed by atoms with Gasteiger partial charge in [-0.25, -0.2) is 0 Å². The summed E-state index contributed by atoms with van der Waals surface area (Å²) < 4.78 is 13.2. The maximum absolute atomic E-state index is 11.2. The van der Waals surface area contributed by atoms with Crippen LogP contribution in [-0.4, -0.2) is 33.0 Å². The number of hydrogen-bond donors (Lipinski definition) is 1. The summed E-state index contributed by atoms with van der Waals surface area (Å²) in [4.78, 5) is 11.2. The number of aromatic nitrogens is 3. The number of carbonyl (C=O) groups is 1. The molecule has 2 N–H and O–H groups in total. The van der Waals surface area contributed by atoms with Gasteiger partial charge in [0.05, 0.1) is 12.9 Å². The second-order valence-corrected chi connectivity index (χ2v) is 7.18. The Morgan fingerprint density at radius 2 is 2.15 bits per heavy atom. The highest BCUT2D eigenvalue weighted by atomic mass is 32.2. The van der Waals surface area contributed by atoms with Crippen LogP contribution in [-0.2, 0) is 11.3 Å². The first-order valence-corrected chi connectivity index (χ1v) is 9.61. The smallest absolute Gasteiger partial charge is 0.219 e. The fourth-order valence-corrected chi connectivity index (χ4v) is 3.34. The molecule has 2 aromatic heterocycles. The number of carbonyl (C=O) groups excluding carboxylic acids is 1. The van der Waals surface area contributed by atoms with E-state index < -0.39 is 0 Å². The van der Waals surface area contributed by atoms with Crippen LogP contribution in [0.25, 0.3) is 11.6 Å². The lowest BCUT2D eigenvalue weighted by Crippen LogP contribution is -2.15. The quantitative estimate of drug-likeness (QED) is 0.448. The van der Waals surface area contributed by atoms with Gasteiger partial charge in [-0.1, -0.05) is 23.9 Å². The minimum Gasteiger partial charge on any atom is -0.492 e. The lowest BCUT2D eigenvalue weighted by molar-refractivity contribution is -0.118. The highest BCUT2D eigenvalue weighted by molar-refractivity contribution is 7.99. The van der Waals surface area contributed by atoms with Gasteiger partial charge in [-0.05, 0) is 43.2 Å². The molecular formula is C19H22N4O3S. The summed E-state index contributed by atoms with van der Waals surface area (Å²) >= 11 is 1.52. The molecule has 0 unspecified atom stereocenters. The minimum absolute atomic E-state index is 0.207. The van der Waals surface area contributed by atoms with Crippen LogP contribution in [0, 0.1) is 13.8 Å². The van der Waals surface area contributed by atoms with E-state index in [2.05, 4.69) is 16.3 Å². The predicted molar refractivity (Wildman–Crippen MR) is 104 cm³/mol. The van der Waals surface area contributed by atoms with Gasteiger partial charge in [0.25, 0.3) is 0 Å². The van der Waals surface area contributed by atoms with Crippen LogP contribution < -0.4 is 10.5 Å². The molecule has 1 aromatic carbocycles. The Balaban J connectivity index is 1.65. The van der Waals surface area contributed by atoms with Crippen LogP contribution in [0.3, 0.4) is 0 Å². The largest absolute Gasteiger partial charge is 0.492 e. The van der Waals surface area contributed by atoms with Crippen molar-refractivity contribution in [3.05, 3.63) is 47.7 Å². The summed E-state index contributed by atoms with van der Waals surface area (Å²) in [7, 11) is 0. The molecule has 142 valence electrons. The molecular weight excluding hydrogens is 364 g/mol. The highest BCUT2D eigenvalue weighted by Gasteiger charge is 2.16. The lowest BCUT2D eigenvalue weighted by Gasteiger charge is -2.10. The van der Waals surface area contributed by atoms with Crippen molar-refractivity contribution in [2.75, 3.05) is 12.4 Å².